The predicted molar refractivity (Wildman–Crippen MR) is 147 cm³/mol. The van der Waals surface area contributed by atoms with Crippen LogP contribution in [-0.4, -0.2) is 0 Å². The van der Waals surface area contributed by atoms with Crippen LogP contribution in [0.2, 0.25) is 0 Å². The van der Waals surface area contributed by atoms with E-state index in [-0.39, 0.29) is 10.8 Å². The Kier molecular flexibility index (Phi) is 4.73. The number of hydrogen-bond donors (Lipinski definition) is 0. The minimum absolute atomic E-state index is 0.0913. The molecular formula is C31H34NO2S+. The molecule has 4 heterocycles. The van der Waals surface area contributed by atoms with Gasteiger partial charge in [0.1, 0.15) is 23.9 Å². The summed E-state index contributed by atoms with van der Waals surface area (Å²) < 4.78 is 18.4. The lowest BCUT2D eigenvalue weighted by atomic mass is 9.83. The highest BCUT2D eigenvalue weighted by molar-refractivity contribution is 7.26. The molecule has 6 rings (SSSR count). The molecule has 0 saturated carbocycles. The molecule has 0 radical (unpaired) electrons. The van der Waals surface area contributed by atoms with Gasteiger partial charge in [-0.2, -0.15) is 4.57 Å². The molecule has 4 heteroatoms. The quantitative estimate of drug-likeness (QED) is 0.229. The second-order valence-electron chi connectivity index (χ2n) is 12.6. The van der Waals surface area contributed by atoms with Crippen molar-refractivity contribution in [3.8, 4) is 22.8 Å². The molecule has 0 amide bonds. The van der Waals surface area contributed by atoms with Crippen molar-refractivity contribution in [2.75, 3.05) is 0 Å². The van der Waals surface area contributed by atoms with Crippen molar-refractivity contribution < 1.29 is 13.7 Å². The minimum Gasteiger partial charge on any atom is -0.456 e. The summed E-state index contributed by atoms with van der Waals surface area (Å²) in [5.41, 5.74) is 6.14. The third-order valence-corrected chi connectivity index (χ3v) is 8.24. The van der Waals surface area contributed by atoms with E-state index >= 15 is 0 Å². The third kappa shape index (κ3) is 3.48. The summed E-state index contributed by atoms with van der Waals surface area (Å²) in [5.74, 6) is 2.86. The number of hydrogen-bond acceptors (Lipinski definition) is 3. The Morgan fingerprint density at radius 1 is 0.886 bits per heavy atom. The maximum Gasteiger partial charge on any atom is 0.231 e. The van der Waals surface area contributed by atoms with E-state index in [0.717, 1.165) is 41.1 Å². The lowest BCUT2D eigenvalue weighted by molar-refractivity contribution is -0.659. The van der Waals surface area contributed by atoms with Crippen LogP contribution < -0.4 is 9.30 Å². The molecule has 1 aliphatic rings. The average molecular weight is 485 g/mol. The summed E-state index contributed by atoms with van der Waals surface area (Å²) >= 11 is 1.90. The zero-order valence-corrected chi connectivity index (χ0v) is 22.9. The minimum atomic E-state index is 0.0913. The van der Waals surface area contributed by atoms with Crippen LogP contribution in [0.3, 0.4) is 0 Å². The van der Waals surface area contributed by atoms with Gasteiger partial charge in [0.25, 0.3) is 0 Å². The van der Waals surface area contributed by atoms with Gasteiger partial charge in [0.15, 0.2) is 17.5 Å². The fraction of sp³-hybridized carbons (Fsp3) is 0.387. The van der Waals surface area contributed by atoms with Crippen LogP contribution in [0.25, 0.3) is 42.4 Å². The number of aryl methyl sites for hydroxylation is 2. The van der Waals surface area contributed by atoms with Crippen LogP contribution in [0.1, 0.15) is 58.4 Å². The van der Waals surface area contributed by atoms with E-state index in [2.05, 4.69) is 96.6 Å². The molecule has 2 aromatic carbocycles. The van der Waals surface area contributed by atoms with Gasteiger partial charge >= 0.3 is 0 Å². The maximum absolute atomic E-state index is 7.00. The topological polar surface area (TPSA) is 26.2 Å². The van der Waals surface area contributed by atoms with Crippen molar-refractivity contribution in [1.82, 2.24) is 0 Å². The van der Waals surface area contributed by atoms with Crippen molar-refractivity contribution in [3.05, 3.63) is 53.4 Å². The van der Waals surface area contributed by atoms with Gasteiger partial charge < -0.3 is 9.15 Å². The normalized spacial score (nSPS) is 13.6. The maximum atomic E-state index is 7.00. The Balaban J connectivity index is 1.78. The zero-order chi connectivity index (χ0) is 24.9. The van der Waals surface area contributed by atoms with Crippen molar-refractivity contribution in [2.24, 2.45) is 17.9 Å². The Hall–Kier alpha value is -2.85. The highest BCUT2D eigenvalue weighted by Gasteiger charge is 2.38. The molecule has 0 N–H and O–H groups in total. The molecule has 1 aliphatic heterocycles. The number of furan rings is 1. The van der Waals surface area contributed by atoms with Crippen LogP contribution in [-0.2, 0) is 19.9 Å². The first-order valence-electron chi connectivity index (χ1n) is 12.5. The molecule has 35 heavy (non-hydrogen) atoms. The lowest BCUT2D eigenvalue weighted by Gasteiger charge is -2.26. The molecule has 0 bridgehead atoms. The molecule has 0 saturated heterocycles. The first-order valence-corrected chi connectivity index (χ1v) is 13.3. The van der Waals surface area contributed by atoms with Gasteiger partial charge in [-0.3, -0.25) is 0 Å². The van der Waals surface area contributed by atoms with Crippen molar-refractivity contribution in [1.29, 1.82) is 0 Å². The largest absolute Gasteiger partial charge is 0.456 e. The number of rotatable bonds is 2. The van der Waals surface area contributed by atoms with Crippen LogP contribution in [0.15, 0.2) is 40.9 Å². The molecule has 0 fully saturated rings. The van der Waals surface area contributed by atoms with Crippen LogP contribution in [0.5, 0.6) is 11.5 Å². The first-order chi connectivity index (χ1) is 16.4. The van der Waals surface area contributed by atoms with Crippen molar-refractivity contribution in [2.45, 2.75) is 61.3 Å². The predicted octanol–water partition coefficient (Wildman–Crippen LogP) is 8.88. The number of thiophene rings is 1. The molecule has 0 spiro atoms. The molecule has 5 aromatic rings. The zero-order valence-electron chi connectivity index (χ0n) is 22.1. The van der Waals surface area contributed by atoms with Gasteiger partial charge in [-0.1, -0.05) is 59.7 Å². The lowest BCUT2D eigenvalue weighted by Crippen LogP contribution is -2.31. The molecular weight excluding hydrogens is 450 g/mol. The van der Waals surface area contributed by atoms with E-state index in [9.17, 15) is 0 Å². The van der Waals surface area contributed by atoms with Crippen molar-refractivity contribution >= 4 is 42.5 Å². The highest BCUT2D eigenvalue weighted by Crippen LogP contribution is 2.55. The van der Waals surface area contributed by atoms with Gasteiger partial charge in [-0.15, -0.1) is 11.3 Å². The van der Waals surface area contributed by atoms with Crippen molar-refractivity contribution in [3.63, 3.8) is 0 Å². The Bertz CT molecular complexity index is 1650. The summed E-state index contributed by atoms with van der Waals surface area (Å²) in [6.07, 6.45) is 3.89. The Morgan fingerprint density at radius 2 is 1.60 bits per heavy atom. The standard InChI is InChI=1S/C31H34NO2S/c1-17-23-26-25-20(13-14-32(26)8)33-21(16-31(5,6)7)28(25)34-27(23)19(15-30(2,3)4)24-18-11-9-10-12-22(18)35-29(17)24/h9-14H,15-16H2,1-8H3/q+1. The fourth-order valence-corrected chi connectivity index (χ4v) is 6.85. The highest BCUT2D eigenvalue weighted by atomic mass is 32.1. The second-order valence-corrected chi connectivity index (χ2v) is 13.6. The smallest absolute Gasteiger partial charge is 0.231 e. The van der Waals surface area contributed by atoms with E-state index in [4.69, 9.17) is 9.15 Å². The van der Waals surface area contributed by atoms with Crippen LogP contribution >= 0.6 is 11.3 Å². The molecule has 0 aliphatic carbocycles. The number of ether oxygens (including phenoxy) is 1. The van der Waals surface area contributed by atoms with Gasteiger partial charge in [-0.25, -0.2) is 0 Å². The first kappa shape index (κ1) is 22.6. The molecule has 3 nitrogen and oxygen atoms in total. The van der Waals surface area contributed by atoms with E-state index < -0.39 is 0 Å². The number of aromatic nitrogens is 1. The van der Waals surface area contributed by atoms with E-state index in [1.165, 1.54) is 42.6 Å². The summed E-state index contributed by atoms with van der Waals surface area (Å²) in [6, 6.07) is 10.9. The molecule has 0 unspecified atom stereocenters. The van der Waals surface area contributed by atoms with Crippen LogP contribution in [0, 0.1) is 17.8 Å². The summed E-state index contributed by atoms with van der Waals surface area (Å²) in [6.45, 7) is 16.0. The van der Waals surface area contributed by atoms with E-state index in [0.29, 0.717) is 0 Å². The Morgan fingerprint density at radius 3 is 2.31 bits per heavy atom. The second kappa shape index (κ2) is 7.33. The summed E-state index contributed by atoms with van der Waals surface area (Å²) in [7, 11) is 2.14. The third-order valence-electron chi connectivity index (χ3n) is 6.95. The summed E-state index contributed by atoms with van der Waals surface area (Å²) in [4.78, 5) is 0. The van der Waals surface area contributed by atoms with E-state index in [1.807, 2.05) is 11.3 Å². The number of fused-ring (bicyclic) bond motifs is 5. The van der Waals surface area contributed by atoms with E-state index in [1.54, 1.807) is 0 Å². The van der Waals surface area contributed by atoms with Crippen LogP contribution in [0.4, 0.5) is 0 Å². The Labute approximate surface area is 211 Å². The molecule has 3 aromatic heterocycles. The fourth-order valence-electron chi connectivity index (χ4n) is 5.62. The number of benzene rings is 2. The molecule has 0 atom stereocenters. The number of pyridine rings is 1. The molecule has 180 valence electrons. The van der Waals surface area contributed by atoms with Gasteiger partial charge in [0.05, 0.1) is 5.56 Å². The van der Waals surface area contributed by atoms with Gasteiger partial charge in [0.2, 0.25) is 5.69 Å². The average Bonchev–Trinajstić information content (AvgIpc) is 3.30. The van der Waals surface area contributed by atoms with Gasteiger partial charge in [0, 0.05) is 38.2 Å². The van der Waals surface area contributed by atoms with Gasteiger partial charge in [-0.05, 0) is 35.8 Å². The SMILES string of the molecule is Cc1c2c(c(CC(C)(C)C)c3c1sc1ccccc13)Oc1c(CC(C)(C)C)oc3cc[n+](C)c-2c13. The monoisotopic (exact) mass is 484 g/mol. The number of nitrogens with zero attached hydrogens (tertiary/aromatic N) is 1. The summed E-state index contributed by atoms with van der Waals surface area (Å²) in [5, 5.41) is 3.79.